The first-order chi connectivity index (χ1) is 9.29. The fourth-order valence-electron chi connectivity index (χ4n) is 2.95. The monoisotopic (exact) mass is 253 g/mol. The highest BCUT2D eigenvalue weighted by Gasteiger charge is 2.32. The quantitative estimate of drug-likeness (QED) is 0.877. The van der Waals surface area contributed by atoms with Crippen LogP contribution in [0.4, 0.5) is 5.69 Å². The molecule has 3 N–H and O–H groups in total. The fraction of sp³-hybridized carbons (Fsp3) is 0.312. The lowest BCUT2D eigenvalue weighted by Crippen LogP contribution is -2.39. The molecule has 0 saturated heterocycles. The molecule has 98 valence electrons. The Labute approximate surface area is 113 Å². The number of rotatable bonds is 4. The van der Waals surface area contributed by atoms with Crippen LogP contribution in [0.15, 0.2) is 42.7 Å². The molecule has 0 radical (unpaired) electrons. The lowest BCUT2D eigenvalue weighted by molar-refractivity contribution is 0.422. The lowest BCUT2D eigenvalue weighted by atomic mass is 9.72. The van der Waals surface area contributed by atoms with Crippen molar-refractivity contribution in [2.45, 2.75) is 24.8 Å². The van der Waals surface area contributed by atoms with E-state index in [4.69, 9.17) is 5.73 Å². The Morgan fingerprint density at radius 1 is 1.37 bits per heavy atom. The molecule has 1 aliphatic rings. The zero-order valence-corrected chi connectivity index (χ0v) is 11.1. The molecule has 1 aliphatic carbocycles. The van der Waals surface area contributed by atoms with Crippen molar-refractivity contribution in [3.05, 3.63) is 59.4 Å². The van der Waals surface area contributed by atoms with Crippen molar-refractivity contribution in [2.75, 3.05) is 12.8 Å². The number of nitrogen functional groups attached to an aromatic ring is 1. The number of anilines is 1. The van der Waals surface area contributed by atoms with Gasteiger partial charge in [-0.3, -0.25) is 4.98 Å². The van der Waals surface area contributed by atoms with Crippen molar-refractivity contribution in [1.82, 2.24) is 10.3 Å². The van der Waals surface area contributed by atoms with Crippen molar-refractivity contribution in [3.63, 3.8) is 0 Å². The van der Waals surface area contributed by atoms with Gasteiger partial charge in [-0.25, -0.2) is 0 Å². The van der Waals surface area contributed by atoms with E-state index in [0.717, 1.165) is 24.1 Å². The number of nitrogens with zero attached hydrogens (tertiary/aromatic N) is 1. The van der Waals surface area contributed by atoms with Crippen LogP contribution >= 0.6 is 0 Å². The Morgan fingerprint density at radius 3 is 2.95 bits per heavy atom. The van der Waals surface area contributed by atoms with Gasteiger partial charge in [0.2, 0.25) is 0 Å². The Morgan fingerprint density at radius 2 is 2.21 bits per heavy atom. The average Bonchev–Trinajstić information content (AvgIpc) is 2.41. The zero-order chi connectivity index (χ0) is 13.2. The van der Waals surface area contributed by atoms with E-state index in [1.807, 2.05) is 19.3 Å². The van der Waals surface area contributed by atoms with E-state index >= 15 is 0 Å². The topological polar surface area (TPSA) is 50.9 Å². The minimum Gasteiger partial charge on any atom is -0.398 e. The summed E-state index contributed by atoms with van der Waals surface area (Å²) in [6.07, 6.45) is 5.70. The summed E-state index contributed by atoms with van der Waals surface area (Å²) in [4.78, 5) is 4.17. The second kappa shape index (κ2) is 5.02. The summed E-state index contributed by atoms with van der Waals surface area (Å²) in [6, 6.07) is 11.0. The third kappa shape index (κ3) is 2.22. The van der Waals surface area contributed by atoms with Gasteiger partial charge < -0.3 is 11.1 Å². The summed E-state index contributed by atoms with van der Waals surface area (Å²) in [5, 5.41) is 3.44. The van der Waals surface area contributed by atoms with E-state index in [1.54, 1.807) is 6.20 Å². The zero-order valence-electron chi connectivity index (χ0n) is 11.1. The molecule has 1 heterocycles. The molecule has 0 spiro atoms. The van der Waals surface area contributed by atoms with Gasteiger partial charge in [-0.15, -0.1) is 0 Å². The van der Waals surface area contributed by atoms with Gasteiger partial charge in [0.25, 0.3) is 0 Å². The minimum atomic E-state index is 0.418. The molecule has 3 nitrogen and oxygen atoms in total. The second-order valence-corrected chi connectivity index (χ2v) is 5.18. The van der Waals surface area contributed by atoms with E-state index in [0.29, 0.717) is 12.0 Å². The molecular formula is C16H19N3. The van der Waals surface area contributed by atoms with Crippen LogP contribution in [-0.2, 0) is 12.8 Å². The molecule has 0 bridgehead atoms. The van der Waals surface area contributed by atoms with Crippen LogP contribution in [0.2, 0.25) is 0 Å². The number of pyridine rings is 1. The van der Waals surface area contributed by atoms with E-state index in [9.17, 15) is 0 Å². The molecule has 2 atom stereocenters. The second-order valence-electron chi connectivity index (χ2n) is 5.18. The van der Waals surface area contributed by atoms with Crippen LogP contribution in [0.3, 0.4) is 0 Å². The number of nitrogens with two attached hydrogens (primary N) is 1. The Hall–Kier alpha value is -1.87. The normalized spacial score (nSPS) is 18.5. The molecule has 1 aromatic heterocycles. The molecule has 0 aliphatic heterocycles. The molecule has 2 unspecified atom stereocenters. The number of aromatic nitrogens is 1. The van der Waals surface area contributed by atoms with Gasteiger partial charge >= 0.3 is 0 Å². The van der Waals surface area contributed by atoms with E-state index in [1.165, 1.54) is 11.1 Å². The first-order valence-corrected chi connectivity index (χ1v) is 6.73. The number of benzene rings is 1. The summed E-state index contributed by atoms with van der Waals surface area (Å²) < 4.78 is 0. The van der Waals surface area contributed by atoms with E-state index < -0.39 is 0 Å². The minimum absolute atomic E-state index is 0.418. The van der Waals surface area contributed by atoms with Crippen LogP contribution < -0.4 is 11.1 Å². The maximum Gasteiger partial charge on any atom is 0.0378 e. The van der Waals surface area contributed by atoms with Gasteiger partial charge in [0.05, 0.1) is 0 Å². The summed E-state index contributed by atoms with van der Waals surface area (Å²) in [6.45, 7) is 0. The van der Waals surface area contributed by atoms with Gasteiger partial charge in [0.1, 0.15) is 0 Å². The summed E-state index contributed by atoms with van der Waals surface area (Å²) in [5.41, 5.74) is 10.9. The number of fused-ring (bicyclic) bond motifs is 1. The number of likely N-dealkylation sites (N-methyl/N-ethyl adjacent to an activating group) is 1. The van der Waals surface area contributed by atoms with Gasteiger partial charge in [-0.1, -0.05) is 24.3 Å². The van der Waals surface area contributed by atoms with Gasteiger partial charge in [0.15, 0.2) is 0 Å². The van der Waals surface area contributed by atoms with Gasteiger partial charge in [-0.2, -0.15) is 0 Å². The van der Waals surface area contributed by atoms with Crippen LogP contribution in [0.25, 0.3) is 0 Å². The highest BCUT2D eigenvalue weighted by Crippen LogP contribution is 2.38. The molecule has 0 amide bonds. The smallest absolute Gasteiger partial charge is 0.0378 e. The highest BCUT2D eigenvalue weighted by atomic mass is 14.9. The molecule has 19 heavy (non-hydrogen) atoms. The summed E-state index contributed by atoms with van der Waals surface area (Å²) >= 11 is 0. The van der Waals surface area contributed by atoms with E-state index in [2.05, 4.69) is 34.6 Å². The highest BCUT2D eigenvalue weighted by molar-refractivity contribution is 5.46. The fourth-order valence-corrected chi connectivity index (χ4v) is 2.95. The molecule has 1 aromatic carbocycles. The van der Waals surface area contributed by atoms with Crippen molar-refractivity contribution in [3.8, 4) is 0 Å². The predicted octanol–water partition coefficient (Wildman–Crippen LogP) is 2.13. The third-order valence-corrected chi connectivity index (χ3v) is 4.13. The van der Waals surface area contributed by atoms with Crippen molar-refractivity contribution < 1.29 is 0 Å². The maximum atomic E-state index is 6.01. The first kappa shape index (κ1) is 12.2. The third-order valence-electron chi connectivity index (χ3n) is 4.13. The number of hydrogen-bond donors (Lipinski definition) is 2. The van der Waals surface area contributed by atoms with E-state index in [-0.39, 0.29) is 0 Å². The SMILES string of the molecule is CNC(Cc1cnccc1N)C1Cc2ccccc21. The number of nitrogens with one attached hydrogen (secondary N) is 1. The van der Waals surface area contributed by atoms with Gasteiger partial charge in [0, 0.05) is 30.0 Å². The first-order valence-electron chi connectivity index (χ1n) is 6.73. The van der Waals surface area contributed by atoms with Gasteiger partial charge in [-0.05, 0) is 42.6 Å². The lowest BCUT2D eigenvalue weighted by Gasteiger charge is -2.36. The summed E-state index contributed by atoms with van der Waals surface area (Å²) in [5.74, 6) is 0.584. The Bertz CT molecular complexity index is 580. The molecule has 0 saturated carbocycles. The summed E-state index contributed by atoms with van der Waals surface area (Å²) in [7, 11) is 2.03. The Balaban J connectivity index is 1.79. The van der Waals surface area contributed by atoms with Crippen LogP contribution in [0.5, 0.6) is 0 Å². The predicted molar refractivity (Wildman–Crippen MR) is 78.1 cm³/mol. The van der Waals surface area contributed by atoms with Crippen molar-refractivity contribution >= 4 is 5.69 Å². The van der Waals surface area contributed by atoms with Crippen LogP contribution in [0, 0.1) is 0 Å². The largest absolute Gasteiger partial charge is 0.398 e. The standard InChI is InChI=1S/C16H19N3/c1-18-16(9-12-10-19-7-6-15(12)17)14-8-11-4-2-3-5-13(11)14/h2-7,10,14,16,18H,8-9H2,1H3,(H2,17,19). The Kier molecular flexibility index (Phi) is 3.22. The molecule has 2 aromatic rings. The molecular weight excluding hydrogens is 234 g/mol. The molecule has 3 rings (SSSR count). The number of hydrogen-bond acceptors (Lipinski definition) is 3. The van der Waals surface area contributed by atoms with Crippen LogP contribution in [0.1, 0.15) is 22.6 Å². The van der Waals surface area contributed by atoms with Crippen molar-refractivity contribution in [2.24, 2.45) is 0 Å². The molecule has 3 heteroatoms. The maximum absolute atomic E-state index is 6.01. The van der Waals surface area contributed by atoms with Crippen molar-refractivity contribution in [1.29, 1.82) is 0 Å². The molecule has 0 fully saturated rings. The van der Waals surface area contributed by atoms with Crippen LogP contribution in [-0.4, -0.2) is 18.1 Å². The average molecular weight is 253 g/mol.